The van der Waals surface area contributed by atoms with Gasteiger partial charge >= 0.3 is 0 Å². The molecule has 0 fully saturated rings. The Kier molecular flexibility index (Phi) is 4.47. The number of carbonyl (C=O) groups is 1. The lowest BCUT2D eigenvalue weighted by atomic mass is 10.2. The number of aromatic nitrogens is 2. The van der Waals surface area contributed by atoms with Gasteiger partial charge in [-0.25, -0.2) is 4.98 Å². The minimum atomic E-state index is -0.0929. The SMILES string of the molecule is COc1ccc(N)cc1NC(=O)CCn1cnc(C)c1C. The molecule has 0 aliphatic carbocycles. The Bertz CT molecular complexity index is 649. The van der Waals surface area contributed by atoms with Crippen LogP contribution in [0.25, 0.3) is 0 Å². The molecule has 0 saturated carbocycles. The number of anilines is 2. The van der Waals surface area contributed by atoms with Gasteiger partial charge < -0.3 is 20.4 Å². The molecule has 6 nitrogen and oxygen atoms in total. The van der Waals surface area contributed by atoms with Gasteiger partial charge in [-0.1, -0.05) is 0 Å². The fourth-order valence-corrected chi connectivity index (χ4v) is 2.03. The monoisotopic (exact) mass is 288 g/mol. The zero-order chi connectivity index (χ0) is 15.4. The maximum Gasteiger partial charge on any atom is 0.226 e. The Morgan fingerprint density at radius 1 is 1.43 bits per heavy atom. The van der Waals surface area contributed by atoms with Crippen LogP contribution in [-0.2, 0) is 11.3 Å². The average molecular weight is 288 g/mol. The van der Waals surface area contributed by atoms with Crippen LogP contribution in [-0.4, -0.2) is 22.6 Å². The lowest BCUT2D eigenvalue weighted by molar-refractivity contribution is -0.116. The normalized spacial score (nSPS) is 10.4. The van der Waals surface area contributed by atoms with E-state index in [0.29, 0.717) is 30.1 Å². The van der Waals surface area contributed by atoms with Gasteiger partial charge in [0.15, 0.2) is 0 Å². The van der Waals surface area contributed by atoms with Gasteiger partial charge in [-0.2, -0.15) is 0 Å². The number of aryl methyl sites for hydroxylation is 2. The van der Waals surface area contributed by atoms with Crippen molar-refractivity contribution >= 4 is 17.3 Å². The van der Waals surface area contributed by atoms with Crippen molar-refractivity contribution in [3.8, 4) is 5.75 Å². The van der Waals surface area contributed by atoms with Gasteiger partial charge in [-0.15, -0.1) is 0 Å². The van der Waals surface area contributed by atoms with Crippen LogP contribution >= 0.6 is 0 Å². The Balaban J connectivity index is 1.99. The molecule has 1 aromatic heterocycles. The Labute approximate surface area is 123 Å². The molecule has 0 spiro atoms. The first kappa shape index (κ1) is 14.9. The number of benzene rings is 1. The van der Waals surface area contributed by atoms with E-state index in [1.54, 1.807) is 31.6 Å². The molecule has 0 aliphatic rings. The number of rotatable bonds is 5. The number of methoxy groups -OCH3 is 1. The third-order valence-electron chi connectivity index (χ3n) is 3.42. The second-order valence-corrected chi connectivity index (χ2v) is 4.87. The van der Waals surface area contributed by atoms with E-state index in [1.807, 2.05) is 18.4 Å². The number of carbonyl (C=O) groups excluding carboxylic acids is 1. The molecule has 3 N–H and O–H groups in total. The third kappa shape index (κ3) is 3.53. The van der Waals surface area contributed by atoms with E-state index in [2.05, 4.69) is 10.3 Å². The van der Waals surface area contributed by atoms with E-state index in [4.69, 9.17) is 10.5 Å². The van der Waals surface area contributed by atoms with Gasteiger partial charge in [-0.05, 0) is 32.0 Å². The van der Waals surface area contributed by atoms with Crippen LogP contribution < -0.4 is 15.8 Å². The molecular formula is C15H20N4O2. The molecule has 1 heterocycles. The molecule has 0 radical (unpaired) electrons. The number of ether oxygens (including phenoxy) is 1. The highest BCUT2D eigenvalue weighted by atomic mass is 16.5. The molecule has 0 bridgehead atoms. The molecule has 1 amide bonds. The van der Waals surface area contributed by atoms with Crippen molar-refractivity contribution < 1.29 is 9.53 Å². The Hall–Kier alpha value is -2.50. The van der Waals surface area contributed by atoms with Crippen LogP contribution in [0.4, 0.5) is 11.4 Å². The first-order valence-corrected chi connectivity index (χ1v) is 6.73. The van der Waals surface area contributed by atoms with Gasteiger partial charge in [-0.3, -0.25) is 4.79 Å². The zero-order valence-electron chi connectivity index (χ0n) is 12.5. The predicted octanol–water partition coefficient (Wildman–Crippen LogP) is 2.12. The third-order valence-corrected chi connectivity index (χ3v) is 3.42. The molecule has 6 heteroatoms. The highest BCUT2D eigenvalue weighted by Crippen LogP contribution is 2.26. The van der Waals surface area contributed by atoms with Crippen molar-refractivity contribution in [3.05, 3.63) is 35.9 Å². The quantitative estimate of drug-likeness (QED) is 0.826. The van der Waals surface area contributed by atoms with Crippen LogP contribution in [0.2, 0.25) is 0 Å². The van der Waals surface area contributed by atoms with Crippen molar-refractivity contribution in [3.63, 3.8) is 0 Å². The van der Waals surface area contributed by atoms with E-state index < -0.39 is 0 Å². The Morgan fingerprint density at radius 2 is 2.19 bits per heavy atom. The molecule has 0 aliphatic heterocycles. The number of amides is 1. The summed E-state index contributed by atoms with van der Waals surface area (Å²) in [6, 6.07) is 5.14. The number of hydrogen-bond acceptors (Lipinski definition) is 4. The van der Waals surface area contributed by atoms with Crippen molar-refractivity contribution in [2.24, 2.45) is 0 Å². The summed E-state index contributed by atoms with van der Waals surface area (Å²) in [6.07, 6.45) is 2.10. The summed E-state index contributed by atoms with van der Waals surface area (Å²) in [6.45, 7) is 4.52. The average Bonchev–Trinajstić information content (AvgIpc) is 2.77. The molecule has 2 aromatic rings. The molecule has 112 valence electrons. The van der Waals surface area contributed by atoms with E-state index in [9.17, 15) is 4.79 Å². The summed E-state index contributed by atoms with van der Waals surface area (Å²) < 4.78 is 7.16. The second-order valence-electron chi connectivity index (χ2n) is 4.87. The molecule has 21 heavy (non-hydrogen) atoms. The lowest BCUT2D eigenvalue weighted by Gasteiger charge is -2.11. The largest absolute Gasteiger partial charge is 0.495 e. The molecule has 0 atom stereocenters. The number of imidazole rings is 1. The first-order chi connectivity index (χ1) is 10.0. The fraction of sp³-hybridized carbons (Fsp3) is 0.333. The van der Waals surface area contributed by atoms with Crippen molar-refractivity contribution in [2.45, 2.75) is 26.8 Å². The van der Waals surface area contributed by atoms with Crippen molar-refractivity contribution in [2.75, 3.05) is 18.2 Å². The first-order valence-electron chi connectivity index (χ1n) is 6.73. The van der Waals surface area contributed by atoms with Crippen LogP contribution in [0.3, 0.4) is 0 Å². The number of nitrogens with one attached hydrogen (secondary N) is 1. The van der Waals surface area contributed by atoms with E-state index in [0.717, 1.165) is 11.4 Å². The summed E-state index contributed by atoms with van der Waals surface area (Å²) in [7, 11) is 1.55. The van der Waals surface area contributed by atoms with Crippen LogP contribution in [0, 0.1) is 13.8 Å². The number of nitrogen functional groups attached to an aromatic ring is 1. The van der Waals surface area contributed by atoms with Crippen molar-refractivity contribution in [1.82, 2.24) is 9.55 Å². The smallest absolute Gasteiger partial charge is 0.226 e. The van der Waals surface area contributed by atoms with Gasteiger partial charge in [0.2, 0.25) is 5.91 Å². The molecule has 0 unspecified atom stereocenters. The molecule has 1 aromatic carbocycles. The predicted molar refractivity (Wildman–Crippen MR) is 82.4 cm³/mol. The summed E-state index contributed by atoms with van der Waals surface area (Å²) >= 11 is 0. The fourth-order valence-electron chi connectivity index (χ4n) is 2.03. The van der Waals surface area contributed by atoms with Gasteiger partial charge in [0, 0.05) is 24.3 Å². The van der Waals surface area contributed by atoms with Gasteiger partial charge in [0.1, 0.15) is 5.75 Å². The van der Waals surface area contributed by atoms with Gasteiger partial charge in [0.05, 0.1) is 24.8 Å². The lowest BCUT2D eigenvalue weighted by Crippen LogP contribution is -2.15. The molecule has 0 saturated heterocycles. The van der Waals surface area contributed by atoms with Crippen LogP contribution in [0.1, 0.15) is 17.8 Å². The topological polar surface area (TPSA) is 82.2 Å². The maximum atomic E-state index is 12.0. The van der Waals surface area contributed by atoms with Crippen molar-refractivity contribution in [1.29, 1.82) is 0 Å². The van der Waals surface area contributed by atoms with E-state index >= 15 is 0 Å². The number of nitrogens with two attached hydrogens (primary N) is 1. The highest BCUT2D eigenvalue weighted by molar-refractivity contribution is 5.92. The summed E-state index contributed by atoms with van der Waals surface area (Å²) in [4.78, 5) is 16.3. The molecular weight excluding hydrogens is 268 g/mol. The zero-order valence-corrected chi connectivity index (χ0v) is 12.5. The van der Waals surface area contributed by atoms with Crippen LogP contribution in [0.5, 0.6) is 5.75 Å². The summed E-state index contributed by atoms with van der Waals surface area (Å²) in [5, 5.41) is 2.82. The Morgan fingerprint density at radius 3 is 2.81 bits per heavy atom. The minimum absolute atomic E-state index is 0.0929. The summed E-state index contributed by atoms with van der Waals surface area (Å²) in [5.74, 6) is 0.497. The van der Waals surface area contributed by atoms with Crippen LogP contribution in [0.15, 0.2) is 24.5 Å². The second kappa shape index (κ2) is 6.30. The van der Waals surface area contributed by atoms with E-state index in [-0.39, 0.29) is 5.91 Å². The number of nitrogens with zero attached hydrogens (tertiary/aromatic N) is 2. The maximum absolute atomic E-state index is 12.0. The highest BCUT2D eigenvalue weighted by Gasteiger charge is 2.09. The standard InChI is InChI=1S/C15H20N4O2/c1-10-11(2)19(9-17-10)7-6-15(20)18-13-8-12(16)4-5-14(13)21-3/h4-5,8-9H,6-7,16H2,1-3H3,(H,18,20). The molecule has 2 rings (SSSR count). The minimum Gasteiger partial charge on any atom is -0.495 e. The van der Waals surface area contributed by atoms with E-state index in [1.165, 1.54) is 0 Å². The number of hydrogen-bond donors (Lipinski definition) is 2. The summed E-state index contributed by atoms with van der Waals surface area (Å²) in [5.41, 5.74) is 8.94. The van der Waals surface area contributed by atoms with Gasteiger partial charge in [0.25, 0.3) is 0 Å².